The van der Waals surface area contributed by atoms with E-state index in [1.165, 1.54) is 0 Å². The lowest BCUT2D eigenvalue weighted by molar-refractivity contribution is -0.121. The molecule has 1 aromatic carbocycles. The van der Waals surface area contributed by atoms with Crippen LogP contribution in [0, 0.1) is 5.92 Å². The molecule has 124 valence electrons. The lowest BCUT2D eigenvalue weighted by Crippen LogP contribution is -2.48. The summed E-state index contributed by atoms with van der Waals surface area (Å²) in [5, 5.41) is 6.46. The molecule has 22 heavy (non-hydrogen) atoms. The van der Waals surface area contributed by atoms with E-state index in [-0.39, 0.29) is 30.8 Å². The van der Waals surface area contributed by atoms with E-state index in [0.717, 1.165) is 25.1 Å². The van der Waals surface area contributed by atoms with Crippen LogP contribution in [-0.4, -0.2) is 39.3 Å². The first-order chi connectivity index (χ1) is 10.2. The minimum Gasteiger partial charge on any atom is -0.496 e. The predicted molar refractivity (Wildman–Crippen MR) is 89.1 cm³/mol. The van der Waals surface area contributed by atoms with Crippen LogP contribution < -0.4 is 20.1 Å². The largest absolute Gasteiger partial charge is 0.496 e. The topological polar surface area (TPSA) is 59.6 Å². The second-order valence-electron chi connectivity index (χ2n) is 5.46. The van der Waals surface area contributed by atoms with Gasteiger partial charge in [0.1, 0.15) is 11.5 Å². The number of rotatable bonds is 5. The third-order valence-corrected chi connectivity index (χ3v) is 4.00. The second-order valence-corrected chi connectivity index (χ2v) is 5.46. The second kappa shape index (κ2) is 8.86. The Bertz CT molecular complexity index is 474. The third kappa shape index (κ3) is 4.52. The number of carbonyl (C=O) groups excluding carboxylic acids is 1. The van der Waals surface area contributed by atoms with Crippen molar-refractivity contribution in [3.05, 3.63) is 23.8 Å². The molecule has 1 amide bonds. The van der Waals surface area contributed by atoms with Crippen molar-refractivity contribution >= 4 is 18.3 Å². The fourth-order valence-corrected chi connectivity index (χ4v) is 2.75. The smallest absolute Gasteiger partial charge is 0.224 e. The van der Waals surface area contributed by atoms with Crippen molar-refractivity contribution in [2.75, 3.05) is 27.3 Å². The van der Waals surface area contributed by atoms with Crippen LogP contribution in [0.25, 0.3) is 0 Å². The molecule has 0 spiro atoms. The summed E-state index contributed by atoms with van der Waals surface area (Å²) in [6.45, 7) is 4.05. The molecule has 2 unspecified atom stereocenters. The molecular weight excluding hydrogens is 304 g/mol. The summed E-state index contributed by atoms with van der Waals surface area (Å²) in [5.41, 5.74) is 0.793. The Balaban J connectivity index is 0.00000242. The summed E-state index contributed by atoms with van der Waals surface area (Å²) in [6, 6.07) is 5.78. The Hall–Kier alpha value is -1.46. The zero-order valence-electron chi connectivity index (χ0n) is 13.3. The molecule has 2 rings (SSSR count). The molecule has 2 N–H and O–H groups in total. The van der Waals surface area contributed by atoms with Crippen molar-refractivity contribution in [1.82, 2.24) is 10.6 Å². The number of hydrogen-bond acceptors (Lipinski definition) is 4. The van der Waals surface area contributed by atoms with Crippen LogP contribution >= 0.6 is 12.4 Å². The van der Waals surface area contributed by atoms with Gasteiger partial charge in [0.2, 0.25) is 5.91 Å². The van der Waals surface area contributed by atoms with E-state index >= 15 is 0 Å². The van der Waals surface area contributed by atoms with Crippen molar-refractivity contribution in [2.45, 2.75) is 25.8 Å². The monoisotopic (exact) mass is 328 g/mol. The van der Waals surface area contributed by atoms with Gasteiger partial charge in [-0.1, -0.05) is 13.0 Å². The van der Waals surface area contributed by atoms with Gasteiger partial charge in [-0.15, -0.1) is 12.4 Å². The molecule has 1 heterocycles. The number of ether oxygens (including phenoxy) is 2. The summed E-state index contributed by atoms with van der Waals surface area (Å²) in [5.74, 6) is 1.82. The fourth-order valence-electron chi connectivity index (χ4n) is 2.75. The van der Waals surface area contributed by atoms with Crippen LogP contribution in [0.5, 0.6) is 11.5 Å². The van der Waals surface area contributed by atoms with Gasteiger partial charge in [0, 0.05) is 11.6 Å². The van der Waals surface area contributed by atoms with E-state index in [1.807, 2.05) is 18.2 Å². The maximum atomic E-state index is 12.3. The molecule has 1 fully saturated rings. The summed E-state index contributed by atoms with van der Waals surface area (Å²) in [4.78, 5) is 12.3. The highest BCUT2D eigenvalue weighted by Gasteiger charge is 2.23. The molecule has 0 saturated carbocycles. The molecule has 0 aliphatic carbocycles. The standard InChI is InChI=1S/C16H24N2O3.ClH/c1-11-10-17-8-7-13(11)18-16(19)9-12-14(20-2)5-4-6-15(12)21-3;/h4-6,11,13,17H,7-10H2,1-3H3,(H,18,19);1H. The fraction of sp³-hybridized carbons (Fsp3) is 0.562. The van der Waals surface area contributed by atoms with Gasteiger partial charge in [0.15, 0.2) is 0 Å². The maximum Gasteiger partial charge on any atom is 0.224 e. The average molecular weight is 329 g/mol. The lowest BCUT2D eigenvalue weighted by Gasteiger charge is -2.30. The molecule has 1 aliphatic heterocycles. The Labute approximate surface area is 138 Å². The normalized spacial score (nSPS) is 20.7. The van der Waals surface area contributed by atoms with E-state index < -0.39 is 0 Å². The van der Waals surface area contributed by atoms with Gasteiger partial charge in [0.05, 0.1) is 20.6 Å². The van der Waals surface area contributed by atoms with Crippen LogP contribution in [-0.2, 0) is 11.2 Å². The van der Waals surface area contributed by atoms with Gasteiger partial charge in [0.25, 0.3) is 0 Å². The summed E-state index contributed by atoms with van der Waals surface area (Å²) in [6.07, 6.45) is 1.24. The Kier molecular flexibility index (Phi) is 7.48. The van der Waals surface area contributed by atoms with E-state index in [4.69, 9.17) is 9.47 Å². The number of carbonyl (C=O) groups is 1. The zero-order chi connectivity index (χ0) is 15.2. The molecule has 2 atom stereocenters. The van der Waals surface area contributed by atoms with Gasteiger partial charge in [-0.3, -0.25) is 4.79 Å². The predicted octanol–water partition coefficient (Wildman–Crippen LogP) is 1.78. The molecule has 1 aliphatic rings. The molecule has 0 bridgehead atoms. The Morgan fingerprint density at radius 3 is 2.50 bits per heavy atom. The zero-order valence-corrected chi connectivity index (χ0v) is 14.2. The van der Waals surface area contributed by atoms with Gasteiger partial charge in [-0.05, 0) is 37.6 Å². The molecular formula is C16H25ClN2O3. The first-order valence-corrected chi connectivity index (χ1v) is 7.35. The average Bonchev–Trinajstić information content (AvgIpc) is 2.49. The third-order valence-electron chi connectivity index (χ3n) is 4.00. The lowest BCUT2D eigenvalue weighted by atomic mass is 9.95. The number of halogens is 1. The molecule has 1 saturated heterocycles. The first-order valence-electron chi connectivity index (χ1n) is 7.35. The first kappa shape index (κ1) is 18.6. The maximum absolute atomic E-state index is 12.3. The van der Waals surface area contributed by atoms with Crippen molar-refractivity contribution in [2.24, 2.45) is 5.92 Å². The van der Waals surface area contributed by atoms with Crippen molar-refractivity contribution in [1.29, 1.82) is 0 Å². The van der Waals surface area contributed by atoms with E-state index in [1.54, 1.807) is 14.2 Å². The van der Waals surface area contributed by atoms with Crippen LogP contribution in [0.2, 0.25) is 0 Å². The Morgan fingerprint density at radius 2 is 1.95 bits per heavy atom. The van der Waals surface area contributed by atoms with E-state index in [9.17, 15) is 4.79 Å². The highest BCUT2D eigenvalue weighted by Crippen LogP contribution is 2.28. The minimum atomic E-state index is 0. The molecule has 6 heteroatoms. The van der Waals surface area contributed by atoms with Crippen LogP contribution in [0.15, 0.2) is 18.2 Å². The molecule has 1 aromatic rings. The quantitative estimate of drug-likeness (QED) is 0.865. The van der Waals surface area contributed by atoms with Gasteiger partial charge < -0.3 is 20.1 Å². The van der Waals surface area contributed by atoms with Gasteiger partial charge >= 0.3 is 0 Å². The highest BCUT2D eigenvalue weighted by molar-refractivity contribution is 5.85. The minimum absolute atomic E-state index is 0. The van der Waals surface area contributed by atoms with Gasteiger partial charge in [-0.25, -0.2) is 0 Å². The number of methoxy groups -OCH3 is 2. The van der Waals surface area contributed by atoms with E-state index in [2.05, 4.69) is 17.6 Å². The van der Waals surface area contributed by atoms with Crippen LogP contribution in [0.4, 0.5) is 0 Å². The number of piperidine rings is 1. The molecule has 0 aromatic heterocycles. The number of hydrogen-bond donors (Lipinski definition) is 2. The van der Waals surface area contributed by atoms with Crippen molar-refractivity contribution in [3.63, 3.8) is 0 Å². The van der Waals surface area contributed by atoms with Crippen LogP contribution in [0.1, 0.15) is 18.9 Å². The number of nitrogens with one attached hydrogen (secondary N) is 2. The molecule has 5 nitrogen and oxygen atoms in total. The van der Waals surface area contributed by atoms with Crippen molar-refractivity contribution < 1.29 is 14.3 Å². The van der Waals surface area contributed by atoms with Crippen molar-refractivity contribution in [3.8, 4) is 11.5 Å². The SMILES string of the molecule is COc1cccc(OC)c1CC(=O)NC1CCNCC1C.Cl. The van der Waals surface area contributed by atoms with Crippen LogP contribution in [0.3, 0.4) is 0 Å². The number of benzene rings is 1. The summed E-state index contributed by atoms with van der Waals surface area (Å²) >= 11 is 0. The molecule has 0 radical (unpaired) electrons. The number of amides is 1. The van der Waals surface area contributed by atoms with Gasteiger partial charge in [-0.2, -0.15) is 0 Å². The van der Waals surface area contributed by atoms with E-state index in [0.29, 0.717) is 17.4 Å². The Morgan fingerprint density at radius 1 is 1.32 bits per heavy atom. The summed E-state index contributed by atoms with van der Waals surface area (Å²) < 4.78 is 10.7. The highest BCUT2D eigenvalue weighted by atomic mass is 35.5. The summed E-state index contributed by atoms with van der Waals surface area (Å²) in [7, 11) is 3.20.